The lowest BCUT2D eigenvalue weighted by Crippen LogP contribution is -2.46. The van der Waals surface area contributed by atoms with Crippen LogP contribution in [0.25, 0.3) is 0 Å². The van der Waals surface area contributed by atoms with Crippen LogP contribution in [-0.4, -0.2) is 66.7 Å². The zero-order valence-electron chi connectivity index (χ0n) is 20.1. The fourth-order valence-electron chi connectivity index (χ4n) is 3.68. The molecule has 34 heavy (non-hydrogen) atoms. The highest BCUT2D eigenvalue weighted by Crippen LogP contribution is 2.21. The highest BCUT2D eigenvalue weighted by molar-refractivity contribution is 5.97. The summed E-state index contributed by atoms with van der Waals surface area (Å²) in [4.78, 5) is 51.0. The minimum absolute atomic E-state index is 0.143. The third-order valence-corrected chi connectivity index (χ3v) is 5.45. The SMILES string of the molecule is CC(C)(C)OC(=O)NCCNC(=O)C1CCCN(C(=O)c2cccc(NC(=O)NC3CC3)c2)C1. The third kappa shape index (κ3) is 8.24. The van der Waals surface area contributed by atoms with Crippen LogP contribution in [0.5, 0.6) is 0 Å². The fraction of sp³-hybridized carbons (Fsp3) is 0.583. The maximum atomic E-state index is 13.0. The van der Waals surface area contributed by atoms with E-state index in [-0.39, 0.29) is 42.9 Å². The molecule has 1 aromatic carbocycles. The molecule has 1 unspecified atom stereocenters. The number of alkyl carbamates (subject to hydrolysis) is 1. The molecule has 1 aromatic rings. The van der Waals surface area contributed by atoms with Gasteiger partial charge in [-0.05, 0) is 64.7 Å². The van der Waals surface area contributed by atoms with Gasteiger partial charge in [0.15, 0.2) is 0 Å². The number of nitrogens with one attached hydrogen (secondary N) is 4. The van der Waals surface area contributed by atoms with Crippen molar-refractivity contribution in [2.45, 2.75) is 58.1 Å². The number of nitrogens with zero attached hydrogens (tertiary/aromatic N) is 1. The van der Waals surface area contributed by atoms with Gasteiger partial charge in [-0.25, -0.2) is 9.59 Å². The Morgan fingerprint density at radius 3 is 2.50 bits per heavy atom. The summed E-state index contributed by atoms with van der Waals surface area (Å²) in [5, 5.41) is 11.0. The van der Waals surface area contributed by atoms with Crippen LogP contribution in [0.2, 0.25) is 0 Å². The summed E-state index contributed by atoms with van der Waals surface area (Å²) >= 11 is 0. The smallest absolute Gasteiger partial charge is 0.407 e. The maximum Gasteiger partial charge on any atom is 0.407 e. The average molecular weight is 474 g/mol. The molecular formula is C24H35N5O5. The molecule has 1 aliphatic heterocycles. The number of rotatable bonds is 7. The molecule has 10 nitrogen and oxygen atoms in total. The Balaban J connectivity index is 1.45. The number of likely N-dealkylation sites (tertiary alicyclic amines) is 1. The Morgan fingerprint density at radius 1 is 1.06 bits per heavy atom. The van der Waals surface area contributed by atoms with Gasteiger partial charge in [-0.1, -0.05) is 6.07 Å². The molecule has 1 heterocycles. The summed E-state index contributed by atoms with van der Waals surface area (Å²) in [6.45, 7) is 6.77. The molecule has 10 heteroatoms. The largest absolute Gasteiger partial charge is 0.444 e. The van der Waals surface area contributed by atoms with E-state index < -0.39 is 11.7 Å². The van der Waals surface area contributed by atoms with Crippen LogP contribution < -0.4 is 21.3 Å². The predicted octanol–water partition coefficient (Wildman–Crippen LogP) is 2.46. The van der Waals surface area contributed by atoms with Crippen molar-refractivity contribution < 1.29 is 23.9 Å². The van der Waals surface area contributed by atoms with Crippen LogP contribution in [-0.2, 0) is 9.53 Å². The summed E-state index contributed by atoms with van der Waals surface area (Å²) < 4.78 is 5.16. The van der Waals surface area contributed by atoms with Gasteiger partial charge in [0.05, 0.1) is 5.92 Å². The zero-order chi connectivity index (χ0) is 24.7. The fourth-order valence-corrected chi connectivity index (χ4v) is 3.68. The average Bonchev–Trinajstić information content (AvgIpc) is 3.59. The monoisotopic (exact) mass is 473 g/mol. The summed E-state index contributed by atoms with van der Waals surface area (Å²) in [5.41, 5.74) is 0.434. The lowest BCUT2D eigenvalue weighted by molar-refractivity contribution is -0.126. The van der Waals surface area contributed by atoms with Crippen molar-refractivity contribution in [1.82, 2.24) is 20.9 Å². The predicted molar refractivity (Wildman–Crippen MR) is 127 cm³/mol. The number of benzene rings is 1. The molecule has 1 atom stereocenters. The molecule has 5 amide bonds. The van der Waals surface area contributed by atoms with E-state index >= 15 is 0 Å². The number of anilines is 1. The second kappa shape index (κ2) is 11.2. The van der Waals surface area contributed by atoms with E-state index in [1.807, 2.05) is 0 Å². The number of carbonyl (C=O) groups excluding carboxylic acids is 4. The molecule has 0 bridgehead atoms. The minimum atomic E-state index is -0.579. The molecule has 1 saturated carbocycles. The summed E-state index contributed by atoms with van der Waals surface area (Å²) in [5.74, 6) is -0.629. The number of ether oxygens (including phenoxy) is 1. The number of amides is 5. The minimum Gasteiger partial charge on any atom is -0.444 e. The first-order valence-corrected chi connectivity index (χ1v) is 11.8. The summed E-state index contributed by atoms with van der Waals surface area (Å²) in [6, 6.07) is 6.80. The van der Waals surface area contributed by atoms with Crippen molar-refractivity contribution in [3.63, 3.8) is 0 Å². The number of carbonyl (C=O) groups is 4. The maximum absolute atomic E-state index is 13.0. The Hall–Kier alpha value is -3.30. The van der Waals surface area contributed by atoms with Gasteiger partial charge in [0.1, 0.15) is 5.60 Å². The van der Waals surface area contributed by atoms with Gasteiger partial charge in [0, 0.05) is 43.5 Å². The van der Waals surface area contributed by atoms with Crippen LogP contribution >= 0.6 is 0 Å². The highest BCUT2D eigenvalue weighted by atomic mass is 16.6. The van der Waals surface area contributed by atoms with Crippen molar-refractivity contribution in [2.75, 3.05) is 31.5 Å². The van der Waals surface area contributed by atoms with Gasteiger partial charge in [-0.15, -0.1) is 0 Å². The van der Waals surface area contributed by atoms with Crippen LogP contribution in [0.1, 0.15) is 56.8 Å². The number of hydrogen-bond donors (Lipinski definition) is 4. The first-order valence-electron chi connectivity index (χ1n) is 11.8. The Morgan fingerprint density at radius 2 is 1.79 bits per heavy atom. The Kier molecular flexibility index (Phi) is 8.36. The number of urea groups is 1. The normalized spacial score (nSPS) is 18.0. The van der Waals surface area contributed by atoms with Gasteiger partial charge in [-0.2, -0.15) is 0 Å². The van der Waals surface area contributed by atoms with Gasteiger partial charge in [0.2, 0.25) is 5.91 Å². The molecule has 0 aromatic heterocycles. The first-order chi connectivity index (χ1) is 16.1. The standard InChI is InChI=1S/C24H35N5O5/c1-24(2,3)34-23(33)26-12-11-25-20(30)17-7-5-13-29(15-17)21(31)16-6-4-8-19(14-16)28-22(32)27-18-9-10-18/h4,6,8,14,17-18H,5,7,9-13,15H2,1-3H3,(H,25,30)(H,26,33)(H2,27,28,32). The Bertz CT molecular complexity index is 909. The summed E-state index contributed by atoms with van der Waals surface area (Å²) in [6.07, 6.45) is 2.88. The van der Waals surface area contributed by atoms with E-state index in [2.05, 4.69) is 21.3 Å². The molecule has 186 valence electrons. The number of piperidine rings is 1. The molecule has 4 N–H and O–H groups in total. The first kappa shape index (κ1) is 25.3. The van der Waals surface area contributed by atoms with Crippen LogP contribution in [0.3, 0.4) is 0 Å². The van der Waals surface area contributed by atoms with Crippen LogP contribution in [0.15, 0.2) is 24.3 Å². The van der Waals surface area contributed by atoms with Gasteiger partial charge >= 0.3 is 12.1 Å². The van der Waals surface area contributed by atoms with Gasteiger partial charge < -0.3 is 30.9 Å². The van der Waals surface area contributed by atoms with E-state index in [1.54, 1.807) is 49.9 Å². The van der Waals surface area contributed by atoms with E-state index in [4.69, 9.17) is 4.74 Å². The highest BCUT2D eigenvalue weighted by Gasteiger charge is 2.29. The van der Waals surface area contributed by atoms with Crippen molar-refractivity contribution in [3.05, 3.63) is 29.8 Å². The lowest BCUT2D eigenvalue weighted by atomic mass is 9.96. The molecule has 2 aliphatic rings. The molecule has 0 radical (unpaired) electrons. The zero-order valence-corrected chi connectivity index (χ0v) is 20.1. The van der Waals surface area contributed by atoms with Crippen LogP contribution in [0.4, 0.5) is 15.3 Å². The van der Waals surface area contributed by atoms with Crippen molar-refractivity contribution in [1.29, 1.82) is 0 Å². The quantitative estimate of drug-likeness (QED) is 0.452. The second-order valence-electron chi connectivity index (χ2n) is 9.76. The van der Waals surface area contributed by atoms with E-state index in [9.17, 15) is 19.2 Å². The van der Waals surface area contributed by atoms with Crippen LogP contribution in [0, 0.1) is 5.92 Å². The molecule has 1 saturated heterocycles. The van der Waals surface area contributed by atoms with Gasteiger partial charge in [0.25, 0.3) is 5.91 Å². The van der Waals surface area contributed by atoms with E-state index in [0.717, 1.165) is 19.3 Å². The van der Waals surface area contributed by atoms with Gasteiger partial charge in [-0.3, -0.25) is 9.59 Å². The molecule has 2 fully saturated rings. The molecule has 0 spiro atoms. The second-order valence-corrected chi connectivity index (χ2v) is 9.76. The van der Waals surface area contributed by atoms with E-state index in [0.29, 0.717) is 30.8 Å². The number of hydrogen-bond acceptors (Lipinski definition) is 5. The molecule has 1 aliphatic carbocycles. The molecular weight excluding hydrogens is 438 g/mol. The Labute approximate surface area is 200 Å². The lowest BCUT2D eigenvalue weighted by Gasteiger charge is -2.32. The van der Waals surface area contributed by atoms with Crippen molar-refractivity contribution in [2.24, 2.45) is 5.92 Å². The molecule has 3 rings (SSSR count). The topological polar surface area (TPSA) is 129 Å². The van der Waals surface area contributed by atoms with Crippen molar-refractivity contribution >= 4 is 29.6 Å². The van der Waals surface area contributed by atoms with E-state index in [1.165, 1.54) is 0 Å². The van der Waals surface area contributed by atoms with Crippen molar-refractivity contribution in [3.8, 4) is 0 Å². The third-order valence-electron chi connectivity index (χ3n) is 5.45. The summed E-state index contributed by atoms with van der Waals surface area (Å²) in [7, 11) is 0.